The molecule has 2 N–H and O–H groups in total. The van der Waals surface area contributed by atoms with Gasteiger partial charge in [-0.25, -0.2) is 4.98 Å². The van der Waals surface area contributed by atoms with Gasteiger partial charge in [0.15, 0.2) is 0 Å². The number of rotatable bonds is 4. The number of hydrogen-bond donors (Lipinski definition) is 1. The minimum Gasteiger partial charge on any atom is -0.497 e. The monoisotopic (exact) mass is 231 g/mol. The Labute approximate surface area is 101 Å². The van der Waals surface area contributed by atoms with Crippen molar-refractivity contribution < 1.29 is 4.74 Å². The summed E-state index contributed by atoms with van der Waals surface area (Å²) in [7, 11) is 1.67. The number of nitrogens with two attached hydrogens (primary N) is 1. The van der Waals surface area contributed by atoms with Gasteiger partial charge in [0.05, 0.1) is 12.8 Å². The molecule has 0 aliphatic heterocycles. The maximum atomic E-state index is 5.69. The van der Waals surface area contributed by atoms with Crippen LogP contribution in [0.25, 0.3) is 0 Å². The number of benzene rings is 1. The molecule has 0 saturated carbocycles. The second-order valence-electron chi connectivity index (χ2n) is 3.94. The van der Waals surface area contributed by atoms with Crippen LogP contribution in [0.4, 0.5) is 0 Å². The first-order valence-corrected chi connectivity index (χ1v) is 5.58. The number of nitrogens with zero attached hydrogens (tertiary/aromatic N) is 2. The van der Waals surface area contributed by atoms with E-state index in [9.17, 15) is 0 Å². The lowest BCUT2D eigenvalue weighted by Gasteiger charge is -2.10. The highest BCUT2D eigenvalue weighted by atomic mass is 16.5. The lowest BCUT2D eigenvalue weighted by Crippen LogP contribution is -2.09. The molecule has 0 saturated heterocycles. The van der Waals surface area contributed by atoms with Crippen LogP contribution < -0.4 is 10.5 Å². The lowest BCUT2D eigenvalue weighted by molar-refractivity contribution is 0.414. The molecule has 0 amide bonds. The van der Waals surface area contributed by atoms with Gasteiger partial charge in [-0.3, -0.25) is 0 Å². The number of aromatic nitrogens is 2. The molecule has 4 heteroatoms. The van der Waals surface area contributed by atoms with E-state index in [1.54, 1.807) is 7.11 Å². The molecular formula is C13H17N3O. The Morgan fingerprint density at radius 2 is 2.24 bits per heavy atom. The zero-order valence-corrected chi connectivity index (χ0v) is 10.2. The summed E-state index contributed by atoms with van der Waals surface area (Å²) in [5.41, 5.74) is 7.92. The Bertz CT molecular complexity index is 505. The number of methoxy groups -OCH3 is 1. The largest absolute Gasteiger partial charge is 0.497 e. The highest BCUT2D eigenvalue weighted by Crippen LogP contribution is 2.15. The zero-order valence-electron chi connectivity index (χ0n) is 10.2. The number of ether oxygens (including phenoxy) is 1. The summed E-state index contributed by atoms with van der Waals surface area (Å²) >= 11 is 0. The second-order valence-corrected chi connectivity index (χ2v) is 3.94. The van der Waals surface area contributed by atoms with Gasteiger partial charge in [-0.2, -0.15) is 0 Å². The van der Waals surface area contributed by atoms with Crippen LogP contribution in [-0.4, -0.2) is 16.7 Å². The molecular weight excluding hydrogens is 214 g/mol. The van der Waals surface area contributed by atoms with Crippen molar-refractivity contribution in [3.05, 3.63) is 47.5 Å². The second kappa shape index (κ2) is 5.01. The quantitative estimate of drug-likeness (QED) is 0.871. The van der Waals surface area contributed by atoms with Crippen molar-refractivity contribution in [3.63, 3.8) is 0 Å². The van der Waals surface area contributed by atoms with Gasteiger partial charge in [-0.05, 0) is 24.6 Å². The van der Waals surface area contributed by atoms with E-state index in [0.29, 0.717) is 6.54 Å². The van der Waals surface area contributed by atoms with Crippen LogP contribution in [0.3, 0.4) is 0 Å². The molecule has 0 spiro atoms. The van der Waals surface area contributed by atoms with Crippen LogP contribution in [0.15, 0.2) is 30.5 Å². The van der Waals surface area contributed by atoms with Gasteiger partial charge in [0.25, 0.3) is 0 Å². The molecule has 0 fully saturated rings. The molecule has 17 heavy (non-hydrogen) atoms. The molecule has 1 aromatic heterocycles. The molecule has 0 atom stereocenters. The summed E-state index contributed by atoms with van der Waals surface area (Å²) in [5, 5.41) is 0. The number of imidazole rings is 1. The zero-order chi connectivity index (χ0) is 12.3. The van der Waals surface area contributed by atoms with E-state index in [1.807, 2.05) is 31.3 Å². The van der Waals surface area contributed by atoms with Crippen molar-refractivity contribution in [1.29, 1.82) is 0 Å². The molecule has 2 rings (SSSR count). The van der Waals surface area contributed by atoms with Gasteiger partial charge in [-0.1, -0.05) is 12.1 Å². The third-order valence-electron chi connectivity index (χ3n) is 2.82. The first kappa shape index (κ1) is 11.7. The third-order valence-corrected chi connectivity index (χ3v) is 2.82. The van der Waals surface area contributed by atoms with Crippen LogP contribution >= 0.6 is 0 Å². The maximum Gasteiger partial charge on any atom is 0.119 e. The Kier molecular flexibility index (Phi) is 3.44. The fourth-order valence-electron chi connectivity index (χ4n) is 1.85. The summed E-state index contributed by atoms with van der Waals surface area (Å²) in [6, 6.07) is 8.03. The Hall–Kier alpha value is -1.81. The molecule has 0 radical (unpaired) electrons. The smallest absolute Gasteiger partial charge is 0.119 e. The maximum absolute atomic E-state index is 5.69. The topological polar surface area (TPSA) is 53.1 Å². The summed E-state index contributed by atoms with van der Waals surface area (Å²) in [4.78, 5) is 4.28. The fraction of sp³-hybridized carbons (Fsp3) is 0.308. The predicted octanol–water partition coefficient (Wildman–Crippen LogP) is 1.71. The van der Waals surface area contributed by atoms with E-state index in [2.05, 4.69) is 15.6 Å². The average Bonchev–Trinajstić information content (AvgIpc) is 2.71. The molecule has 2 aromatic rings. The number of hydrogen-bond acceptors (Lipinski definition) is 3. The minimum atomic E-state index is 0.505. The van der Waals surface area contributed by atoms with Gasteiger partial charge in [0.2, 0.25) is 0 Å². The molecule has 0 aliphatic carbocycles. The van der Waals surface area contributed by atoms with Crippen LogP contribution in [0, 0.1) is 6.92 Å². The van der Waals surface area contributed by atoms with Gasteiger partial charge in [0, 0.05) is 19.3 Å². The highest BCUT2D eigenvalue weighted by molar-refractivity contribution is 5.29. The summed E-state index contributed by atoms with van der Waals surface area (Å²) < 4.78 is 7.33. The molecule has 0 aliphatic rings. The van der Waals surface area contributed by atoms with Crippen molar-refractivity contribution in [1.82, 2.24) is 9.55 Å². The SMILES string of the molecule is COc1cccc(Cn2c(CN)cnc2C)c1. The molecule has 90 valence electrons. The Balaban J connectivity index is 2.27. The molecule has 0 unspecified atom stereocenters. The van der Waals surface area contributed by atoms with Crippen LogP contribution in [0.1, 0.15) is 17.1 Å². The van der Waals surface area contributed by atoms with Crippen LogP contribution in [0.2, 0.25) is 0 Å². The van der Waals surface area contributed by atoms with Gasteiger partial charge >= 0.3 is 0 Å². The minimum absolute atomic E-state index is 0.505. The lowest BCUT2D eigenvalue weighted by atomic mass is 10.2. The highest BCUT2D eigenvalue weighted by Gasteiger charge is 2.06. The normalized spacial score (nSPS) is 10.5. The molecule has 0 bridgehead atoms. The van der Waals surface area contributed by atoms with E-state index in [0.717, 1.165) is 23.8 Å². The third kappa shape index (κ3) is 2.47. The van der Waals surface area contributed by atoms with E-state index in [4.69, 9.17) is 10.5 Å². The standard InChI is InChI=1S/C13H17N3O/c1-10-15-8-12(7-14)16(10)9-11-4-3-5-13(6-11)17-2/h3-6,8H,7,9,14H2,1-2H3. The Morgan fingerprint density at radius 1 is 1.41 bits per heavy atom. The van der Waals surface area contributed by atoms with Crippen molar-refractivity contribution in [2.45, 2.75) is 20.0 Å². The van der Waals surface area contributed by atoms with Gasteiger partial charge < -0.3 is 15.0 Å². The molecule has 1 heterocycles. The van der Waals surface area contributed by atoms with Crippen LogP contribution in [-0.2, 0) is 13.1 Å². The average molecular weight is 231 g/mol. The van der Waals surface area contributed by atoms with Crippen molar-refractivity contribution >= 4 is 0 Å². The van der Waals surface area contributed by atoms with Crippen LogP contribution in [0.5, 0.6) is 5.75 Å². The van der Waals surface area contributed by atoms with Gasteiger partial charge in [-0.15, -0.1) is 0 Å². The van der Waals surface area contributed by atoms with E-state index >= 15 is 0 Å². The number of aryl methyl sites for hydroxylation is 1. The summed E-state index contributed by atoms with van der Waals surface area (Å²) in [6.45, 7) is 3.26. The van der Waals surface area contributed by atoms with Gasteiger partial charge in [0.1, 0.15) is 11.6 Å². The predicted molar refractivity (Wildman–Crippen MR) is 67.0 cm³/mol. The van der Waals surface area contributed by atoms with E-state index in [1.165, 1.54) is 5.56 Å². The Morgan fingerprint density at radius 3 is 2.94 bits per heavy atom. The first-order chi connectivity index (χ1) is 8.24. The summed E-state index contributed by atoms with van der Waals surface area (Å²) in [6.07, 6.45) is 1.83. The molecule has 4 nitrogen and oxygen atoms in total. The van der Waals surface area contributed by atoms with E-state index in [-0.39, 0.29) is 0 Å². The van der Waals surface area contributed by atoms with E-state index < -0.39 is 0 Å². The fourth-order valence-corrected chi connectivity index (χ4v) is 1.85. The first-order valence-electron chi connectivity index (χ1n) is 5.58. The van der Waals surface area contributed by atoms with Crippen molar-refractivity contribution in [2.75, 3.05) is 7.11 Å². The molecule has 1 aromatic carbocycles. The summed E-state index contributed by atoms with van der Waals surface area (Å²) in [5.74, 6) is 1.85. The van der Waals surface area contributed by atoms with Crippen molar-refractivity contribution in [2.24, 2.45) is 5.73 Å². The van der Waals surface area contributed by atoms with Crippen molar-refractivity contribution in [3.8, 4) is 5.75 Å².